The highest BCUT2D eigenvalue weighted by molar-refractivity contribution is 8.09. The topological polar surface area (TPSA) is 39.7 Å². The van der Waals surface area contributed by atoms with Crippen LogP contribution in [0.4, 0.5) is 13.2 Å². The molecule has 0 heterocycles. The van der Waals surface area contributed by atoms with Crippen LogP contribution in [0, 0.1) is 0 Å². The lowest BCUT2D eigenvalue weighted by atomic mass is 9.74. The predicted octanol–water partition coefficient (Wildman–Crippen LogP) is 4.89. The van der Waals surface area contributed by atoms with E-state index in [1.807, 2.05) is 13.8 Å². The van der Waals surface area contributed by atoms with Crippen molar-refractivity contribution in [1.29, 1.82) is 0 Å². The van der Waals surface area contributed by atoms with E-state index in [1.54, 1.807) is 0 Å². The van der Waals surface area contributed by atoms with Crippen molar-refractivity contribution in [3.05, 3.63) is 12.3 Å². The second-order valence-corrected chi connectivity index (χ2v) is 10.4. The van der Waals surface area contributed by atoms with Gasteiger partial charge in [-0.15, -0.1) is 0 Å². The molecule has 0 radical (unpaired) electrons. The first kappa shape index (κ1) is 22.2. The third-order valence-corrected chi connectivity index (χ3v) is 6.16. The summed E-state index contributed by atoms with van der Waals surface area (Å²) in [6.45, 7) is 5.16. The number of nitrogens with one attached hydrogen (secondary N) is 1. The average Bonchev–Trinajstić information content (AvgIpc) is 2.45. The first-order valence-corrected chi connectivity index (χ1v) is 11.0. The van der Waals surface area contributed by atoms with Crippen molar-refractivity contribution in [3.8, 4) is 0 Å². The lowest BCUT2D eigenvalue weighted by molar-refractivity contribution is -0.153. The van der Waals surface area contributed by atoms with E-state index in [0.717, 1.165) is 0 Å². The molecule has 1 saturated carbocycles. The Kier molecular flexibility index (Phi) is 7.61. The summed E-state index contributed by atoms with van der Waals surface area (Å²) < 4.78 is 52.9. The zero-order valence-electron chi connectivity index (χ0n) is 14.0. The highest BCUT2D eigenvalue weighted by Gasteiger charge is 2.44. The van der Waals surface area contributed by atoms with Gasteiger partial charge in [0.05, 0.1) is 11.1 Å². The number of hydrogen-bond acceptors (Lipinski definition) is 5. The fourth-order valence-electron chi connectivity index (χ4n) is 2.63. The first-order valence-electron chi connectivity index (χ1n) is 7.56. The van der Waals surface area contributed by atoms with Crippen LogP contribution >= 0.6 is 18.3 Å². The van der Waals surface area contributed by atoms with E-state index in [0.29, 0.717) is 32.3 Å². The van der Waals surface area contributed by atoms with Crippen molar-refractivity contribution >= 4 is 30.1 Å². The third-order valence-electron chi connectivity index (χ3n) is 4.11. The van der Waals surface area contributed by atoms with Crippen molar-refractivity contribution in [3.63, 3.8) is 0 Å². The first-order chi connectivity index (χ1) is 10.9. The summed E-state index contributed by atoms with van der Waals surface area (Å²) in [6.07, 6.45) is -1.91. The zero-order valence-corrected chi connectivity index (χ0v) is 16.5. The summed E-state index contributed by atoms with van der Waals surface area (Å²) in [4.78, 5) is 2.68. The van der Waals surface area contributed by atoms with Gasteiger partial charge >= 0.3 is 6.18 Å². The minimum atomic E-state index is -4.46. The summed E-state index contributed by atoms with van der Waals surface area (Å²) in [7, 11) is 0. The Labute approximate surface area is 151 Å². The van der Waals surface area contributed by atoms with Gasteiger partial charge in [-0.3, -0.25) is 0 Å². The Balaban J connectivity index is 2.72. The second-order valence-electron chi connectivity index (χ2n) is 6.23. The van der Waals surface area contributed by atoms with E-state index in [9.17, 15) is 13.2 Å². The summed E-state index contributed by atoms with van der Waals surface area (Å²) in [5.41, 5.74) is -1.02. The zero-order chi connectivity index (χ0) is 18.6. The number of rotatable bonds is 8. The average molecular weight is 410 g/mol. The molecule has 10 heteroatoms. The molecule has 0 aromatic rings. The van der Waals surface area contributed by atoms with E-state index >= 15 is 0 Å². The van der Waals surface area contributed by atoms with Crippen LogP contribution in [0.3, 0.4) is 0 Å². The number of hydrogen-bond donors (Lipinski definition) is 1. The molecule has 4 nitrogen and oxygen atoms in total. The molecular formula is C14H24ClF3NO3PS. The highest BCUT2D eigenvalue weighted by Crippen LogP contribution is 2.51. The standard InChI is InChI=1S/C14H24ClF3NO3PS/c1-5-20-12(3)6-8-13(19-15,9-7-12)11(2)22-23(4,24)21-10-14(16,17)18/h19H,2,5-10H2,1,3-4H3. The Morgan fingerprint density at radius 3 is 2.29 bits per heavy atom. The molecule has 0 amide bonds. The Morgan fingerprint density at radius 1 is 1.33 bits per heavy atom. The van der Waals surface area contributed by atoms with E-state index in [-0.39, 0.29) is 11.4 Å². The normalized spacial score (nSPS) is 30.6. The van der Waals surface area contributed by atoms with E-state index in [4.69, 9.17) is 37.4 Å². The minimum absolute atomic E-state index is 0.212. The summed E-state index contributed by atoms with van der Waals surface area (Å²) in [5.74, 6) is 0.212. The molecule has 0 aromatic heterocycles. The molecule has 1 fully saturated rings. The maximum Gasteiger partial charge on any atom is 0.412 e. The van der Waals surface area contributed by atoms with Crippen molar-refractivity contribution in [1.82, 2.24) is 4.84 Å². The molecule has 142 valence electrons. The van der Waals surface area contributed by atoms with E-state index in [1.165, 1.54) is 6.66 Å². The van der Waals surface area contributed by atoms with Gasteiger partial charge in [-0.05, 0) is 63.1 Å². The molecule has 0 saturated heterocycles. The van der Waals surface area contributed by atoms with Crippen LogP contribution in [-0.2, 0) is 25.6 Å². The highest BCUT2D eigenvalue weighted by atomic mass is 35.5. The van der Waals surface area contributed by atoms with Crippen molar-refractivity contribution < 1.29 is 27.0 Å². The molecule has 24 heavy (non-hydrogen) atoms. The van der Waals surface area contributed by atoms with Gasteiger partial charge in [0.15, 0.2) is 6.61 Å². The van der Waals surface area contributed by atoms with Gasteiger partial charge < -0.3 is 13.8 Å². The van der Waals surface area contributed by atoms with Crippen LogP contribution in [0.5, 0.6) is 0 Å². The molecule has 1 aliphatic rings. The molecule has 1 atom stereocenters. The van der Waals surface area contributed by atoms with Gasteiger partial charge in [-0.2, -0.15) is 13.2 Å². The fourth-order valence-corrected chi connectivity index (χ4v) is 4.36. The summed E-state index contributed by atoms with van der Waals surface area (Å²) in [5, 5.41) is 0. The largest absolute Gasteiger partial charge is 0.447 e. The lowest BCUT2D eigenvalue weighted by Gasteiger charge is -2.44. The van der Waals surface area contributed by atoms with Crippen LogP contribution in [0.1, 0.15) is 39.5 Å². The van der Waals surface area contributed by atoms with Gasteiger partial charge in [0, 0.05) is 13.3 Å². The molecule has 1 aliphatic carbocycles. The Bertz CT molecular complexity index is 496. The molecule has 0 bridgehead atoms. The number of ether oxygens (including phenoxy) is 1. The summed E-state index contributed by atoms with van der Waals surface area (Å²) >= 11 is 11.0. The molecule has 1 unspecified atom stereocenters. The molecule has 1 rings (SSSR count). The van der Waals surface area contributed by atoms with Crippen LogP contribution in [0.25, 0.3) is 0 Å². The maximum atomic E-state index is 12.3. The van der Waals surface area contributed by atoms with Gasteiger partial charge in [-0.1, -0.05) is 6.58 Å². The van der Waals surface area contributed by atoms with Gasteiger partial charge in [0.1, 0.15) is 5.76 Å². The van der Waals surface area contributed by atoms with Crippen LogP contribution in [-0.4, -0.2) is 37.2 Å². The number of alkyl halides is 3. The quantitative estimate of drug-likeness (QED) is 0.351. The molecule has 0 aliphatic heterocycles. The van der Waals surface area contributed by atoms with E-state index < -0.39 is 24.8 Å². The Hall–Kier alpha value is 0.150. The smallest absolute Gasteiger partial charge is 0.412 e. The van der Waals surface area contributed by atoms with Crippen molar-refractivity contribution in [2.45, 2.75) is 56.8 Å². The third kappa shape index (κ3) is 6.46. The molecular weight excluding hydrogens is 386 g/mol. The SMILES string of the molecule is C=C(OP(C)(=S)OCC(F)(F)F)C1(NCl)CCC(C)(OCC)CC1. The molecule has 1 N–H and O–H groups in total. The van der Waals surface area contributed by atoms with Gasteiger partial charge in [0.2, 0.25) is 6.49 Å². The summed E-state index contributed by atoms with van der Waals surface area (Å²) in [6, 6.07) is 0. The van der Waals surface area contributed by atoms with Gasteiger partial charge in [-0.25, -0.2) is 4.84 Å². The monoisotopic (exact) mass is 409 g/mol. The fraction of sp³-hybridized carbons (Fsp3) is 0.857. The van der Waals surface area contributed by atoms with Gasteiger partial charge in [0.25, 0.3) is 0 Å². The van der Waals surface area contributed by atoms with Crippen LogP contribution < -0.4 is 4.84 Å². The van der Waals surface area contributed by atoms with Crippen LogP contribution in [0.2, 0.25) is 0 Å². The maximum absolute atomic E-state index is 12.3. The number of halogens is 4. The van der Waals surface area contributed by atoms with Crippen LogP contribution in [0.15, 0.2) is 12.3 Å². The van der Waals surface area contributed by atoms with E-state index in [2.05, 4.69) is 11.4 Å². The minimum Gasteiger partial charge on any atom is -0.447 e. The van der Waals surface area contributed by atoms with Crippen molar-refractivity contribution in [2.75, 3.05) is 19.9 Å². The second kappa shape index (κ2) is 8.23. The predicted molar refractivity (Wildman–Crippen MR) is 92.7 cm³/mol. The molecule has 0 aromatic carbocycles. The Morgan fingerprint density at radius 2 is 1.88 bits per heavy atom. The van der Waals surface area contributed by atoms with Crippen molar-refractivity contribution in [2.24, 2.45) is 0 Å². The molecule has 0 spiro atoms. The lowest BCUT2D eigenvalue weighted by Crippen LogP contribution is -2.50.